The van der Waals surface area contributed by atoms with Crippen molar-refractivity contribution >= 4 is 28.4 Å². The summed E-state index contributed by atoms with van der Waals surface area (Å²) < 4.78 is 37.5. The number of hydrogen-bond donors (Lipinski definition) is 0. The van der Waals surface area contributed by atoms with Crippen molar-refractivity contribution < 1.29 is 18.0 Å². The number of carbonyl (C=O) groups is 1. The highest BCUT2D eigenvalue weighted by Crippen LogP contribution is 2.19. The molecule has 1 aromatic heterocycles. The molecule has 0 aliphatic carbocycles. The number of para-hydroxylation sites is 1. The summed E-state index contributed by atoms with van der Waals surface area (Å²) in [5.41, 5.74) is 0.532. The zero-order chi connectivity index (χ0) is 15.5. The van der Waals surface area contributed by atoms with Gasteiger partial charge in [-0.1, -0.05) is 24.3 Å². The molecule has 0 radical (unpaired) electrons. The average molecular weight is 317 g/mol. The van der Waals surface area contributed by atoms with Crippen molar-refractivity contribution in [2.24, 2.45) is 0 Å². The van der Waals surface area contributed by atoms with Crippen LogP contribution in [-0.4, -0.2) is 40.9 Å². The molecule has 0 saturated heterocycles. The molecular weight excluding hydrogens is 305 g/mol. The Hall–Kier alpha value is -1.82. The Morgan fingerprint density at radius 3 is 2.57 bits per heavy atom. The van der Waals surface area contributed by atoms with Crippen LogP contribution in [0, 0.1) is 0 Å². The summed E-state index contributed by atoms with van der Waals surface area (Å²) in [5, 5.41) is 0.814. The Kier molecular flexibility index (Phi) is 4.67. The molecule has 7 heteroatoms. The first-order valence-corrected chi connectivity index (χ1v) is 6.72. The highest BCUT2D eigenvalue weighted by molar-refractivity contribution is 6.18. The maximum absolute atomic E-state index is 12.5. The Morgan fingerprint density at radius 1 is 1.19 bits per heavy atom. The number of benzene rings is 1. The number of nitrogens with zero attached hydrogens (tertiary/aromatic N) is 2. The topological polar surface area (TPSA) is 33.2 Å². The van der Waals surface area contributed by atoms with Crippen molar-refractivity contribution in [3.8, 4) is 0 Å². The molecule has 0 spiro atoms. The van der Waals surface area contributed by atoms with Crippen molar-refractivity contribution in [1.29, 1.82) is 0 Å². The molecule has 112 valence electrons. The first-order chi connectivity index (χ1) is 9.90. The summed E-state index contributed by atoms with van der Waals surface area (Å²) in [6, 6.07) is 10.1. The summed E-state index contributed by atoms with van der Waals surface area (Å²) in [5.74, 6) is -0.853. The lowest BCUT2D eigenvalue weighted by Crippen LogP contribution is -2.40. The number of amides is 1. The van der Waals surface area contributed by atoms with E-state index in [2.05, 4.69) is 4.98 Å². The number of pyridine rings is 1. The Balaban J connectivity index is 2.29. The first-order valence-electron chi connectivity index (χ1n) is 6.18. The van der Waals surface area contributed by atoms with Gasteiger partial charge in [-0.3, -0.25) is 4.79 Å². The zero-order valence-corrected chi connectivity index (χ0v) is 11.7. The quantitative estimate of drug-likeness (QED) is 0.809. The Labute approximate surface area is 124 Å². The van der Waals surface area contributed by atoms with E-state index in [1.807, 2.05) is 12.1 Å². The number of aromatic nitrogens is 1. The fourth-order valence-corrected chi connectivity index (χ4v) is 2.12. The molecule has 1 amide bonds. The minimum Gasteiger partial charge on any atom is -0.327 e. The van der Waals surface area contributed by atoms with Crippen LogP contribution in [0.1, 0.15) is 10.5 Å². The van der Waals surface area contributed by atoms with Gasteiger partial charge in [0.25, 0.3) is 5.91 Å². The second-order valence-electron chi connectivity index (χ2n) is 4.42. The maximum atomic E-state index is 12.5. The molecular formula is C14H12ClF3N2O. The number of halogens is 4. The molecule has 1 heterocycles. The number of carbonyl (C=O) groups excluding carboxylic acids is 1. The van der Waals surface area contributed by atoms with Gasteiger partial charge in [0, 0.05) is 17.8 Å². The molecule has 0 N–H and O–H groups in total. The third-order valence-electron chi connectivity index (χ3n) is 2.83. The lowest BCUT2D eigenvalue weighted by molar-refractivity contribution is -0.140. The summed E-state index contributed by atoms with van der Waals surface area (Å²) in [7, 11) is 0. The predicted octanol–water partition coefficient (Wildman–Crippen LogP) is 3.48. The van der Waals surface area contributed by atoms with Crippen LogP contribution < -0.4 is 0 Å². The average Bonchev–Trinajstić information content (AvgIpc) is 2.44. The van der Waals surface area contributed by atoms with Crippen LogP contribution in [0.15, 0.2) is 36.4 Å². The predicted molar refractivity (Wildman–Crippen MR) is 74.4 cm³/mol. The van der Waals surface area contributed by atoms with Gasteiger partial charge in [0.15, 0.2) is 0 Å². The van der Waals surface area contributed by atoms with Crippen LogP contribution in [0.5, 0.6) is 0 Å². The van der Waals surface area contributed by atoms with E-state index in [0.29, 0.717) is 10.4 Å². The molecule has 3 nitrogen and oxygen atoms in total. The molecule has 0 fully saturated rings. The SMILES string of the molecule is O=C(c1ccc2ccccc2n1)N(CCCl)CC(F)(F)F. The van der Waals surface area contributed by atoms with Gasteiger partial charge in [0.2, 0.25) is 0 Å². The Morgan fingerprint density at radius 2 is 1.90 bits per heavy atom. The molecule has 0 aliphatic rings. The van der Waals surface area contributed by atoms with Gasteiger partial charge in [-0.15, -0.1) is 11.6 Å². The van der Waals surface area contributed by atoms with Gasteiger partial charge in [-0.25, -0.2) is 4.98 Å². The second-order valence-corrected chi connectivity index (χ2v) is 4.80. The molecule has 0 saturated carbocycles. The zero-order valence-electron chi connectivity index (χ0n) is 10.9. The van der Waals surface area contributed by atoms with Crippen LogP contribution in [-0.2, 0) is 0 Å². The highest BCUT2D eigenvalue weighted by atomic mass is 35.5. The van der Waals surface area contributed by atoms with Crippen molar-refractivity contribution in [2.45, 2.75) is 6.18 Å². The van der Waals surface area contributed by atoms with E-state index in [1.165, 1.54) is 6.07 Å². The van der Waals surface area contributed by atoms with Crippen molar-refractivity contribution in [3.05, 3.63) is 42.1 Å². The third kappa shape index (κ3) is 4.07. The largest absolute Gasteiger partial charge is 0.406 e. The van der Waals surface area contributed by atoms with Gasteiger partial charge in [0.1, 0.15) is 12.2 Å². The number of rotatable bonds is 4. The summed E-state index contributed by atoms with van der Waals surface area (Å²) in [4.78, 5) is 16.9. The third-order valence-corrected chi connectivity index (χ3v) is 3.00. The molecule has 2 aromatic rings. The molecule has 0 aliphatic heterocycles. The fourth-order valence-electron chi connectivity index (χ4n) is 1.92. The second kappa shape index (κ2) is 6.30. The minimum absolute atomic E-state index is 0.0249. The first kappa shape index (κ1) is 15.6. The molecule has 0 unspecified atom stereocenters. The van der Waals surface area contributed by atoms with Gasteiger partial charge in [-0.05, 0) is 12.1 Å². The smallest absolute Gasteiger partial charge is 0.327 e. The lowest BCUT2D eigenvalue weighted by atomic mass is 10.2. The summed E-state index contributed by atoms with van der Waals surface area (Å²) >= 11 is 5.47. The van der Waals surface area contributed by atoms with E-state index < -0.39 is 18.6 Å². The maximum Gasteiger partial charge on any atom is 0.406 e. The number of alkyl halides is 4. The minimum atomic E-state index is -4.47. The van der Waals surface area contributed by atoms with Crippen molar-refractivity contribution in [3.63, 3.8) is 0 Å². The van der Waals surface area contributed by atoms with Gasteiger partial charge in [0.05, 0.1) is 5.52 Å². The molecule has 2 rings (SSSR count). The standard InChI is InChI=1S/C14H12ClF3N2O/c15-7-8-20(9-14(16,17)18)13(21)12-6-5-10-3-1-2-4-11(10)19-12/h1-6H,7-9H2. The van der Waals surface area contributed by atoms with Gasteiger partial charge < -0.3 is 4.90 Å². The van der Waals surface area contributed by atoms with Crippen LogP contribution in [0.2, 0.25) is 0 Å². The van der Waals surface area contributed by atoms with Crippen LogP contribution in [0.25, 0.3) is 10.9 Å². The summed E-state index contributed by atoms with van der Waals surface area (Å²) in [6.07, 6.45) is -4.47. The van der Waals surface area contributed by atoms with E-state index in [-0.39, 0.29) is 18.1 Å². The van der Waals surface area contributed by atoms with E-state index in [1.54, 1.807) is 18.2 Å². The normalized spacial score (nSPS) is 11.6. The lowest BCUT2D eigenvalue weighted by Gasteiger charge is -2.22. The van der Waals surface area contributed by atoms with E-state index >= 15 is 0 Å². The van der Waals surface area contributed by atoms with E-state index in [0.717, 1.165) is 5.39 Å². The number of hydrogen-bond acceptors (Lipinski definition) is 2. The number of fused-ring (bicyclic) bond motifs is 1. The van der Waals surface area contributed by atoms with E-state index in [9.17, 15) is 18.0 Å². The van der Waals surface area contributed by atoms with Gasteiger partial charge in [-0.2, -0.15) is 13.2 Å². The van der Waals surface area contributed by atoms with E-state index in [4.69, 9.17) is 11.6 Å². The van der Waals surface area contributed by atoms with Crippen molar-refractivity contribution in [2.75, 3.05) is 19.0 Å². The van der Waals surface area contributed by atoms with Gasteiger partial charge >= 0.3 is 6.18 Å². The molecule has 1 aromatic carbocycles. The molecule has 21 heavy (non-hydrogen) atoms. The molecule has 0 atom stereocenters. The van der Waals surface area contributed by atoms with Crippen LogP contribution in [0.4, 0.5) is 13.2 Å². The Bertz CT molecular complexity index is 645. The fraction of sp³-hybridized carbons (Fsp3) is 0.286. The van der Waals surface area contributed by atoms with Crippen LogP contribution in [0.3, 0.4) is 0 Å². The van der Waals surface area contributed by atoms with Crippen molar-refractivity contribution in [1.82, 2.24) is 9.88 Å². The van der Waals surface area contributed by atoms with Crippen LogP contribution >= 0.6 is 11.6 Å². The summed E-state index contributed by atoms with van der Waals surface area (Å²) in [6.45, 7) is -1.53. The monoisotopic (exact) mass is 316 g/mol. The molecule has 0 bridgehead atoms. The highest BCUT2D eigenvalue weighted by Gasteiger charge is 2.33.